The van der Waals surface area contributed by atoms with E-state index in [4.69, 9.17) is 14.4 Å². The zero-order valence-corrected chi connectivity index (χ0v) is 14.1. The molecule has 12 heteroatoms. The van der Waals surface area contributed by atoms with Crippen LogP contribution in [0.2, 0.25) is 0 Å². The van der Waals surface area contributed by atoms with Crippen LogP contribution in [0.3, 0.4) is 0 Å². The van der Waals surface area contributed by atoms with Crippen molar-refractivity contribution in [3.05, 3.63) is 0 Å². The second-order valence-corrected chi connectivity index (χ2v) is 7.18. The first kappa shape index (κ1) is 20.6. The van der Waals surface area contributed by atoms with Crippen molar-refractivity contribution in [2.75, 3.05) is 6.61 Å². The molecule has 0 saturated carbocycles. The van der Waals surface area contributed by atoms with Crippen LogP contribution in [0.25, 0.3) is 0 Å². The number of thioether (sulfide) groups is 1. The second-order valence-electron chi connectivity index (χ2n) is 5.06. The molecule has 1 aliphatic rings. The molecule has 1 heterocycles. The molecule has 5 N–H and O–H groups in total. The highest BCUT2D eigenvalue weighted by Gasteiger charge is 2.44. The number of ether oxygens (including phenoxy) is 1. The lowest BCUT2D eigenvalue weighted by atomic mass is 10.0. The average Bonchev–Trinajstić information content (AvgIpc) is 2.49. The highest BCUT2D eigenvalue weighted by molar-refractivity contribution is 8.14. The summed E-state index contributed by atoms with van der Waals surface area (Å²) in [5.41, 5.74) is -1.12. The summed E-state index contributed by atoms with van der Waals surface area (Å²) in [5.74, 6) is -0.297. The van der Waals surface area contributed by atoms with Crippen molar-refractivity contribution < 1.29 is 42.4 Å². The molecule has 0 amide bonds. The van der Waals surface area contributed by atoms with Crippen LogP contribution in [-0.4, -0.2) is 74.9 Å². The second kappa shape index (κ2) is 8.58. The minimum Gasteiger partial charge on any atom is -0.394 e. The predicted molar refractivity (Wildman–Crippen MR) is 80.9 cm³/mol. The van der Waals surface area contributed by atoms with E-state index in [1.807, 2.05) is 0 Å². The summed E-state index contributed by atoms with van der Waals surface area (Å²) in [6.07, 6.45) is -5.11. The van der Waals surface area contributed by atoms with Gasteiger partial charge in [-0.3, -0.25) is 4.55 Å². The Morgan fingerprint density at radius 1 is 1.30 bits per heavy atom. The largest absolute Gasteiger partial charge is 0.466 e. The van der Waals surface area contributed by atoms with Crippen molar-refractivity contribution in [1.82, 2.24) is 0 Å². The summed E-state index contributed by atoms with van der Waals surface area (Å²) in [7, 11) is -4.78. The van der Waals surface area contributed by atoms with Gasteiger partial charge in [-0.15, -0.1) is 0 Å². The van der Waals surface area contributed by atoms with Gasteiger partial charge in [-0.1, -0.05) is 30.8 Å². The minimum atomic E-state index is -4.78. The maximum atomic E-state index is 10.6. The van der Waals surface area contributed by atoms with Crippen molar-refractivity contribution in [3.63, 3.8) is 0 Å². The lowest BCUT2D eigenvalue weighted by Crippen LogP contribution is -2.57. The SMILES string of the molecule is CC[C@@H](C)/C(=N/OS(=O)(=O)O)S[C@@H]1O[C@H](CO)[C@@H](O)[C@H](O)[C@H]1O. The van der Waals surface area contributed by atoms with Crippen LogP contribution in [0.5, 0.6) is 0 Å². The molecule has 136 valence electrons. The van der Waals surface area contributed by atoms with Crippen LogP contribution in [0.15, 0.2) is 5.16 Å². The monoisotopic (exact) mass is 375 g/mol. The van der Waals surface area contributed by atoms with Crippen molar-refractivity contribution in [2.45, 2.75) is 50.1 Å². The van der Waals surface area contributed by atoms with Crippen LogP contribution < -0.4 is 0 Å². The Balaban J connectivity index is 2.93. The first-order chi connectivity index (χ1) is 10.6. The molecule has 0 unspecified atom stereocenters. The zero-order valence-electron chi connectivity index (χ0n) is 12.5. The van der Waals surface area contributed by atoms with Crippen molar-refractivity contribution in [1.29, 1.82) is 0 Å². The molecule has 23 heavy (non-hydrogen) atoms. The smallest absolute Gasteiger partial charge is 0.394 e. The minimum absolute atomic E-state index is 0.0921. The number of rotatable bonds is 6. The van der Waals surface area contributed by atoms with Crippen LogP contribution in [-0.2, 0) is 19.4 Å². The Bertz CT molecular complexity index is 510. The molecule has 6 atom stereocenters. The molecular weight excluding hydrogens is 354 g/mol. The average molecular weight is 375 g/mol. The standard InChI is InChI=1S/C11H21NO9S2/c1-3-5(2)10(12-21-23(17,18)19)22-11-9(16)8(15)7(14)6(4-13)20-11/h5-9,11,13-16H,3-4H2,1-2H3,(H,17,18,19)/b12-10-/t5-,6-,7-,8+,9-,11+/m1/s1. The molecule has 1 saturated heterocycles. The lowest BCUT2D eigenvalue weighted by Gasteiger charge is -2.39. The zero-order chi connectivity index (χ0) is 17.8. The van der Waals surface area contributed by atoms with Gasteiger partial charge >= 0.3 is 10.4 Å². The topological polar surface area (TPSA) is 166 Å². The molecule has 0 aromatic carbocycles. The summed E-state index contributed by atoms with van der Waals surface area (Å²) in [6.45, 7) is 2.91. The van der Waals surface area contributed by atoms with Crippen molar-refractivity contribution in [3.8, 4) is 0 Å². The van der Waals surface area contributed by atoms with Gasteiger partial charge < -0.3 is 25.2 Å². The van der Waals surface area contributed by atoms with Crippen molar-refractivity contribution in [2.24, 2.45) is 11.1 Å². The van der Waals surface area contributed by atoms with E-state index in [1.165, 1.54) is 0 Å². The van der Waals surface area contributed by atoms with Crippen molar-refractivity contribution >= 4 is 27.2 Å². The molecule has 0 aromatic rings. The third-order valence-electron chi connectivity index (χ3n) is 3.34. The van der Waals surface area contributed by atoms with Crippen LogP contribution >= 0.6 is 11.8 Å². The van der Waals surface area contributed by atoms with E-state index in [-0.39, 0.29) is 11.0 Å². The van der Waals surface area contributed by atoms with E-state index >= 15 is 0 Å². The number of oxime groups is 1. The van der Waals surface area contributed by atoms with Gasteiger partial charge in [-0.2, -0.15) is 8.42 Å². The van der Waals surface area contributed by atoms with Gasteiger partial charge in [-0.05, 0) is 6.42 Å². The number of hydrogen-bond donors (Lipinski definition) is 5. The maximum Gasteiger partial charge on any atom is 0.466 e. The van der Waals surface area contributed by atoms with E-state index in [0.717, 1.165) is 11.8 Å². The number of aliphatic hydroxyl groups excluding tert-OH is 4. The first-order valence-corrected chi connectivity index (χ1v) is 9.06. The molecule has 10 nitrogen and oxygen atoms in total. The van der Waals surface area contributed by atoms with E-state index in [9.17, 15) is 23.7 Å². The molecule has 1 aliphatic heterocycles. The molecule has 1 rings (SSSR count). The summed E-state index contributed by atoms with van der Waals surface area (Å²) in [5, 5.41) is 41.9. The Kier molecular flexibility index (Phi) is 7.67. The fourth-order valence-electron chi connectivity index (χ4n) is 1.77. The van der Waals surface area contributed by atoms with Gasteiger partial charge in [0.25, 0.3) is 0 Å². The van der Waals surface area contributed by atoms with E-state index < -0.39 is 46.9 Å². The quantitative estimate of drug-likeness (QED) is 0.163. The van der Waals surface area contributed by atoms with Gasteiger partial charge in [0, 0.05) is 5.92 Å². The summed E-state index contributed by atoms with van der Waals surface area (Å²) in [4.78, 5) is 0. The third kappa shape index (κ3) is 5.83. The van der Waals surface area contributed by atoms with Crippen LogP contribution in [0.1, 0.15) is 20.3 Å². The van der Waals surface area contributed by atoms with Crippen LogP contribution in [0, 0.1) is 5.92 Å². The van der Waals surface area contributed by atoms with Gasteiger partial charge in [0.05, 0.1) is 6.61 Å². The van der Waals surface area contributed by atoms with E-state index in [2.05, 4.69) is 9.44 Å². The highest BCUT2D eigenvalue weighted by atomic mass is 32.3. The van der Waals surface area contributed by atoms with Gasteiger partial charge in [0.2, 0.25) is 0 Å². The molecular formula is C11H21NO9S2. The maximum absolute atomic E-state index is 10.6. The first-order valence-electron chi connectivity index (χ1n) is 6.81. The normalized spacial score (nSPS) is 34.2. The number of hydrogen-bond acceptors (Lipinski definition) is 10. The summed E-state index contributed by atoms with van der Waals surface area (Å²) in [6, 6.07) is 0. The summed E-state index contributed by atoms with van der Waals surface area (Å²) < 4.78 is 39.1. The predicted octanol–water partition coefficient (Wildman–Crippen LogP) is -1.30. The molecule has 0 bridgehead atoms. The fourth-order valence-corrected chi connectivity index (χ4v) is 3.21. The molecule has 0 aromatic heterocycles. The molecule has 0 radical (unpaired) electrons. The molecule has 0 aliphatic carbocycles. The van der Waals surface area contributed by atoms with Gasteiger partial charge in [-0.25, -0.2) is 4.28 Å². The highest BCUT2D eigenvalue weighted by Crippen LogP contribution is 2.31. The molecule has 0 spiro atoms. The number of aliphatic hydroxyl groups is 4. The van der Waals surface area contributed by atoms with E-state index in [1.54, 1.807) is 13.8 Å². The summed E-state index contributed by atoms with van der Waals surface area (Å²) >= 11 is 0.767. The Hall–Kier alpha value is -0.470. The lowest BCUT2D eigenvalue weighted by molar-refractivity contribution is -0.205. The van der Waals surface area contributed by atoms with E-state index in [0.29, 0.717) is 6.42 Å². The third-order valence-corrected chi connectivity index (χ3v) is 4.94. The number of nitrogens with zero attached hydrogens (tertiary/aromatic N) is 1. The fraction of sp³-hybridized carbons (Fsp3) is 0.909. The Labute approximate surface area is 138 Å². The van der Waals surface area contributed by atoms with Gasteiger partial charge in [0.15, 0.2) is 0 Å². The Morgan fingerprint density at radius 3 is 2.39 bits per heavy atom. The van der Waals surface area contributed by atoms with Gasteiger partial charge in [0.1, 0.15) is 34.9 Å². The van der Waals surface area contributed by atoms with Crippen LogP contribution in [0.4, 0.5) is 0 Å². The molecule has 1 fully saturated rings. The Morgan fingerprint density at radius 2 is 1.91 bits per heavy atom.